The molecule has 0 fully saturated rings. The second-order valence-electron chi connectivity index (χ2n) is 6.54. The molecule has 0 saturated heterocycles. The van der Waals surface area contributed by atoms with Gasteiger partial charge >= 0.3 is 0 Å². The fourth-order valence-corrected chi connectivity index (χ4v) is 2.72. The van der Waals surface area contributed by atoms with Gasteiger partial charge in [0, 0.05) is 12.4 Å². The van der Waals surface area contributed by atoms with Crippen LogP contribution in [0.25, 0.3) is 12.2 Å². The van der Waals surface area contributed by atoms with Crippen molar-refractivity contribution in [2.24, 2.45) is 9.98 Å². The number of pyridine rings is 2. The van der Waals surface area contributed by atoms with Crippen LogP contribution in [0.1, 0.15) is 22.5 Å². The molecular formula is C26H20N4. The van der Waals surface area contributed by atoms with Crippen LogP contribution in [0, 0.1) is 0 Å². The number of aromatic nitrogens is 2. The van der Waals surface area contributed by atoms with E-state index in [4.69, 9.17) is 0 Å². The Morgan fingerprint density at radius 1 is 0.500 bits per heavy atom. The maximum absolute atomic E-state index is 4.46. The van der Waals surface area contributed by atoms with Gasteiger partial charge in [0.15, 0.2) is 0 Å². The van der Waals surface area contributed by atoms with E-state index in [0.29, 0.717) is 0 Å². The summed E-state index contributed by atoms with van der Waals surface area (Å²) < 4.78 is 0. The van der Waals surface area contributed by atoms with Crippen LogP contribution in [-0.4, -0.2) is 22.4 Å². The molecular weight excluding hydrogens is 368 g/mol. The highest BCUT2D eigenvalue weighted by atomic mass is 14.8. The zero-order valence-corrected chi connectivity index (χ0v) is 16.3. The van der Waals surface area contributed by atoms with Gasteiger partial charge in [-0.1, -0.05) is 48.6 Å². The van der Waals surface area contributed by atoms with Crippen molar-refractivity contribution >= 4 is 36.0 Å². The van der Waals surface area contributed by atoms with Crippen molar-refractivity contribution in [1.29, 1.82) is 0 Å². The zero-order chi connectivity index (χ0) is 20.4. The highest BCUT2D eigenvalue weighted by Gasteiger charge is 1.93. The number of nitrogens with zero attached hydrogens (tertiary/aromatic N) is 4. The molecule has 0 aliphatic rings. The third-order valence-corrected chi connectivity index (χ3v) is 4.32. The van der Waals surface area contributed by atoms with Gasteiger partial charge in [-0.2, -0.15) is 0 Å². The summed E-state index contributed by atoms with van der Waals surface area (Å²) in [6.45, 7) is 0. The molecule has 0 bridgehead atoms. The van der Waals surface area contributed by atoms with Crippen molar-refractivity contribution in [2.45, 2.75) is 0 Å². The van der Waals surface area contributed by atoms with E-state index in [1.807, 2.05) is 84.9 Å². The molecule has 0 amide bonds. The van der Waals surface area contributed by atoms with Crippen LogP contribution in [0.3, 0.4) is 0 Å². The highest BCUT2D eigenvalue weighted by Crippen LogP contribution is 2.17. The predicted octanol–water partition coefficient (Wildman–Crippen LogP) is 6.15. The summed E-state index contributed by atoms with van der Waals surface area (Å²) >= 11 is 0. The summed E-state index contributed by atoms with van der Waals surface area (Å²) in [5, 5.41) is 0. The predicted molar refractivity (Wildman–Crippen MR) is 125 cm³/mol. The van der Waals surface area contributed by atoms with E-state index in [1.54, 1.807) is 24.8 Å². The molecule has 144 valence electrons. The average Bonchev–Trinajstić information content (AvgIpc) is 2.83. The Kier molecular flexibility index (Phi) is 6.28. The average molecular weight is 388 g/mol. The molecule has 4 aromatic rings. The quantitative estimate of drug-likeness (QED) is 0.294. The first kappa shape index (κ1) is 19.2. The number of aliphatic imine (C=N–C) groups is 2. The molecule has 2 aromatic carbocycles. The van der Waals surface area contributed by atoms with E-state index >= 15 is 0 Å². The fraction of sp³-hybridized carbons (Fsp3) is 0. The smallest absolute Gasteiger partial charge is 0.0812 e. The molecule has 0 atom stereocenters. The van der Waals surface area contributed by atoms with Crippen LogP contribution < -0.4 is 0 Å². The first-order valence-electron chi connectivity index (χ1n) is 9.64. The Bertz CT molecular complexity index is 1050. The van der Waals surface area contributed by atoms with Gasteiger partial charge in [-0.3, -0.25) is 20.0 Å². The fourth-order valence-electron chi connectivity index (χ4n) is 2.72. The minimum Gasteiger partial charge on any atom is -0.255 e. The first-order valence-corrected chi connectivity index (χ1v) is 9.64. The van der Waals surface area contributed by atoms with Crippen molar-refractivity contribution in [2.75, 3.05) is 0 Å². The van der Waals surface area contributed by atoms with Crippen molar-refractivity contribution in [1.82, 2.24) is 9.97 Å². The lowest BCUT2D eigenvalue weighted by Gasteiger charge is -1.98. The molecule has 0 spiro atoms. The summed E-state index contributed by atoms with van der Waals surface area (Å²) in [5.74, 6) is 0. The minimum absolute atomic E-state index is 0.842. The zero-order valence-electron chi connectivity index (χ0n) is 16.3. The third-order valence-electron chi connectivity index (χ3n) is 4.32. The largest absolute Gasteiger partial charge is 0.255 e. The van der Waals surface area contributed by atoms with Crippen LogP contribution in [0.4, 0.5) is 11.4 Å². The lowest BCUT2D eigenvalue weighted by atomic mass is 10.1. The van der Waals surface area contributed by atoms with Crippen LogP contribution >= 0.6 is 0 Å². The van der Waals surface area contributed by atoms with Crippen molar-refractivity contribution in [3.8, 4) is 0 Å². The van der Waals surface area contributed by atoms with Gasteiger partial charge in [-0.25, -0.2) is 0 Å². The van der Waals surface area contributed by atoms with Crippen LogP contribution in [0.2, 0.25) is 0 Å². The van der Waals surface area contributed by atoms with E-state index in [1.165, 1.54) is 0 Å². The molecule has 0 unspecified atom stereocenters. The third kappa shape index (κ3) is 5.66. The second kappa shape index (κ2) is 9.85. The van der Waals surface area contributed by atoms with E-state index < -0.39 is 0 Å². The summed E-state index contributed by atoms with van der Waals surface area (Å²) in [6, 6.07) is 27.7. The Labute approximate surface area is 176 Å². The van der Waals surface area contributed by atoms with Gasteiger partial charge in [-0.15, -0.1) is 0 Å². The standard InChI is InChI=1S/C26H20N4/c1-3-17-27-25(5-1)19-29-23-13-9-21(10-14-23)7-8-22-11-15-24(16-12-22)30-20-26-6-2-4-18-28-26/h1-20H/b8-7+,29-19+,30-20+. The molecule has 0 saturated carbocycles. The summed E-state index contributed by atoms with van der Waals surface area (Å²) in [5.41, 5.74) is 5.71. The number of benzene rings is 2. The molecule has 4 heteroatoms. The monoisotopic (exact) mass is 388 g/mol. The van der Waals surface area contributed by atoms with Gasteiger partial charge in [-0.05, 0) is 59.7 Å². The molecule has 4 nitrogen and oxygen atoms in total. The van der Waals surface area contributed by atoms with Crippen LogP contribution in [-0.2, 0) is 0 Å². The number of hydrogen-bond donors (Lipinski definition) is 0. The van der Waals surface area contributed by atoms with E-state index in [9.17, 15) is 0 Å². The summed E-state index contributed by atoms with van der Waals surface area (Å²) in [6.07, 6.45) is 11.2. The number of hydrogen-bond acceptors (Lipinski definition) is 4. The molecule has 0 aliphatic carbocycles. The Morgan fingerprint density at radius 2 is 0.933 bits per heavy atom. The minimum atomic E-state index is 0.842. The van der Waals surface area contributed by atoms with Gasteiger partial charge in [0.2, 0.25) is 0 Å². The Morgan fingerprint density at radius 3 is 1.30 bits per heavy atom. The van der Waals surface area contributed by atoms with Gasteiger partial charge in [0.1, 0.15) is 0 Å². The lowest BCUT2D eigenvalue weighted by Crippen LogP contribution is -1.84. The van der Waals surface area contributed by atoms with E-state index in [-0.39, 0.29) is 0 Å². The summed E-state index contributed by atoms with van der Waals surface area (Å²) in [4.78, 5) is 17.4. The van der Waals surface area contributed by atoms with Crippen molar-refractivity contribution < 1.29 is 0 Å². The van der Waals surface area contributed by atoms with Gasteiger partial charge in [0.25, 0.3) is 0 Å². The maximum atomic E-state index is 4.46. The molecule has 0 radical (unpaired) electrons. The molecule has 0 aliphatic heterocycles. The van der Waals surface area contributed by atoms with Crippen LogP contribution in [0.5, 0.6) is 0 Å². The van der Waals surface area contributed by atoms with Crippen molar-refractivity contribution in [3.05, 3.63) is 120 Å². The normalized spacial score (nSPS) is 11.6. The van der Waals surface area contributed by atoms with Gasteiger partial charge in [0.05, 0.1) is 35.2 Å². The number of rotatable bonds is 6. The second-order valence-corrected chi connectivity index (χ2v) is 6.54. The molecule has 4 rings (SSSR count). The summed E-state index contributed by atoms with van der Waals surface area (Å²) in [7, 11) is 0. The van der Waals surface area contributed by atoms with Crippen LogP contribution in [0.15, 0.2) is 107 Å². The van der Waals surface area contributed by atoms with Gasteiger partial charge < -0.3 is 0 Å². The van der Waals surface area contributed by atoms with E-state index in [2.05, 4.69) is 32.1 Å². The maximum Gasteiger partial charge on any atom is 0.0812 e. The molecule has 30 heavy (non-hydrogen) atoms. The van der Waals surface area contributed by atoms with E-state index in [0.717, 1.165) is 33.9 Å². The molecule has 2 heterocycles. The first-order chi connectivity index (χ1) is 14.8. The Balaban J connectivity index is 1.36. The SMILES string of the molecule is C(=C\c1ccc(/N=C/c2ccccn2)cc1)/c1ccc(/N=C/c2ccccn2)cc1. The topological polar surface area (TPSA) is 50.5 Å². The lowest BCUT2D eigenvalue weighted by molar-refractivity contribution is 1.30. The van der Waals surface area contributed by atoms with Crippen molar-refractivity contribution in [3.63, 3.8) is 0 Å². The molecule has 2 aromatic heterocycles. The highest BCUT2D eigenvalue weighted by molar-refractivity contribution is 5.80. The Hall–Kier alpha value is -4.18. The molecule has 0 N–H and O–H groups in total.